The van der Waals surface area contributed by atoms with Crippen LogP contribution in [0.1, 0.15) is 70.3 Å². The molecule has 0 radical (unpaired) electrons. The second kappa shape index (κ2) is 14.6. The largest absolute Gasteiger partial charge is 0.490 e. The molecule has 0 bridgehead atoms. The molecule has 2 aromatic carbocycles. The average Bonchev–Trinajstić information content (AvgIpc) is 3.79. The van der Waals surface area contributed by atoms with Gasteiger partial charge in [-0.2, -0.15) is 13.2 Å². The maximum Gasteiger partial charge on any atom is 0.490 e. The Balaban J connectivity index is 0.000000582. The number of carbonyl (C=O) groups excluding carboxylic acids is 2. The third-order valence-corrected chi connectivity index (χ3v) is 8.65. The van der Waals surface area contributed by atoms with Gasteiger partial charge in [-0.25, -0.2) is 9.78 Å². The number of alkyl halides is 3. The number of amides is 2. The molecule has 3 aromatic rings. The summed E-state index contributed by atoms with van der Waals surface area (Å²) in [6.45, 7) is 5.23. The second-order valence-corrected chi connectivity index (χ2v) is 12.2. The van der Waals surface area contributed by atoms with Crippen molar-refractivity contribution in [1.29, 1.82) is 0 Å². The molecule has 0 unspecified atom stereocenters. The van der Waals surface area contributed by atoms with E-state index in [0.29, 0.717) is 30.0 Å². The number of carboxylic acid groups (broad SMARTS) is 1. The second-order valence-electron chi connectivity index (χ2n) is 12.2. The number of nitrogens with zero attached hydrogens (tertiary/aromatic N) is 3. The van der Waals surface area contributed by atoms with Crippen molar-refractivity contribution in [1.82, 2.24) is 10.3 Å². The first kappa shape index (κ1) is 34.7. The number of para-hydroxylation sites is 1. The maximum absolute atomic E-state index is 13.2. The van der Waals surface area contributed by atoms with E-state index in [1.807, 2.05) is 12.1 Å². The SMILES string of the molecule is Cc1ccccc1N1CCN(c2ccc(C(=O)N[C@@H]3CCC[C@@H](O)[C@H]3O)cc2NC(=O)c2coc(C3CC3)n2)CC1.O=C(O)C(F)(F)F. The first-order chi connectivity index (χ1) is 22.8. The van der Waals surface area contributed by atoms with Crippen molar-refractivity contribution in [2.75, 3.05) is 41.3 Å². The minimum atomic E-state index is -5.08. The Hall–Kier alpha value is -4.63. The van der Waals surface area contributed by atoms with Crippen molar-refractivity contribution in [3.63, 3.8) is 0 Å². The number of benzene rings is 2. The zero-order chi connectivity index (χ0) is 34.6. The van der Waals surface area contributed by atoms with Gasteiger partial charge in [0.15, 0.2) is 11.6 Å². The molecule has 2 saturated carbocycles. The number of aliphatic carboxylic acids is 1. The lowest BCUT2D eigenvalue weighted by Crippen LogP contribution is -2.51. The lowest BCUT2D eigenvalue weighted by molar-refractivity contribution is -0.192. The summed E-state index contributed by atoms with van der Waals surface area (Å²) < 4.78 is 37.3. The Morgan fingerprint density at radius 1 is 0.917 bits per heavy atom. The summed E-state index contributed by atoms with van der Waals surface area (Å²) in [6.07, 6.45) is -1.70. The van der Waals surface area contributed by atoms with E-state index in [9.17, 15) is 33.0 Å². The highest BCUT2D eigenvalue weighted by molar-refractivity contribution is 6.06. The Morgan fingerprint density at radius 2 is 1.56 bits per heavy atom. The average molecular weight is 674 g/mol. The van der Waals surface area contributed by atoms with Crippen LogP contribution in [0, 0.1) is 6.92 Å². The van der Waals surface area contributed by atoms with E-state index in [1.54, 1.807) is 12.1 Å². The molecule has 2 amide bonds. The summed E-state index contributed by atoms with van der Waals surface area (Å²) in [5, 5.41) is 33.4. The summed E-state index contributed by atoms with van der Waals surface area (Å²) in [6, 6.07) is 13.1. The van der Waals surface area contributed by atoms with Gasteiger partial charge in [0.2, 0.25) is 0 Å². The lowest BCUT2D eigenvalue weighted by Gasteiger charge is -2.38. The van der Waals surface area contributed by atoms with Gasteiger partial charge in [-0.15, -0.1) is 0 Å². The fourth-order valence-electron chi connectivity index (χ4n) is 5.82. The molecule has 2 aliphatic carbocycles. The normalized spacial score (nSPS) is 21.2. The van der Waals surface area contributed by atoms with Crippen molar-refractivity contribution in [2.24, 2.45) is 0 Å². The fourth-order valence-corrected chi connectivity index (χ4v) is 5.82. The number of hydrogen-bond donors (Lipinski definition) is 5. The minimum Gasteiger partial charge on any atom is -0.475 e. The van der Waals surface area contributed by atoms with E-state index in [4.69, 9.17) is 14.3 Å². The molecule has 3 atom stereocenters. The van der Waals surface area contributed by atoms with Crippen LogP contribution in [-0.4, -0.2) is 88.7 Å². The highest BCUT2D eigenvalue weighted by Gasteiger charge is 2.38. The molecule has 12 nitrogen and oxygen atoms in total. The van der Waals surface area contributed by atoms with Gasteiger partial charge in [-0.1, -0.05) is 18.2 Å². The van der Waals surface area contributed by atoms with Crippen molar-refractivity contribution < 1.29 is 47.3 Å². The van der Waals surface area contributed by atoms with Gasteiger partial charge >= 0.3 is 12.1 Å². The number of anilines is 3. The first-order valence-corrected chi connectivity index (χ1v) is 15.7. The molecular weight excluding hydrogens is 635 g/mol. The van der Waals surface area contributed by atoms with Crippen molar-refractivity contribution in [3.05, 3.63) is 71.4 Å². The standard InChI is InChI=1S/C31H37N5O5.C2HF3O2/c1-19-5-2-3-7-25(19)35-13-15-36(16-14-35)26-12-11-21(29(39)32-22-6-4-8-27(37)28(22)38)17-23(26)33-30(40)24-18-41-31(34-24)20-9-10-20;3-2(4,5)1(6)7/h2-3,5,7,11-12,17-18,20,22,27-28,37-38H,4,6,8-10,13-16H2,1H3,(H,32,39)(H,33,40);(H,6,7)/t22-,27-,28+;/m1./s1. The number of carbonyl (C=O) groups is 3. The van der Waals surface area contributed by atoms with Gasteiger partial charge in [-0.05, 0) is 68.9 Å². The molecule has 3 aliphatic rings. The van der Waals surface area contributed by atoms with Gasteiger partial charge < -0.3 is 40.2 Å². The van der Waals surface area contributed by atoms with Crippen LogP contribution >= 0.6 is 0 Å². The molecule has 15 heteroatoms. The molecule has 1 aliphatic heterocycles. The van der Waals surface area contributed by atoms with Crippen LogP contribution in [0.2, 0.25) is 0 Å². The topological polar surface area (TPSA) is 168 Å². The van der Waals surface area contributed by atoms with Crippen LogP contribution in [0.15, 0.2) is 53.1 Å². The molecule has 0 spiro atoms. The molecular formula is C33H38F3N5O7. The number of oxazole rings is 1. The minimum absolute atomic E-state index is 0.205. The number of aliphatic hydroxyl groups is 2. The third kappa shape index (κ3) is 8.44. The summed E-state index contributed by atoms with van der Waals surface area (Å²) in [4.78, 5) is 44.3. The van der Waals surface area contributed by atoms with E-state index in [-0.39, 0.29) is 17.5 Å². The van der Waals surface area contributed by atoms with E-state index < -0.39 is 36.3 Å². The number of carboxylic acids is 1. The smallest absolute Gasteiger partial charge is 0.475 e. The predicted molar refractivity (Wildman–Crippen MR) is 169 cm³/mol. The van der Waals surface area contributed by atoms with E-state index in [1.165, 1.54) is 17.5 Å². The van der Waals surface area contributed by atoms with Crippen molar-refractivity contribution in [2.45, 2.75) is 69.4 Å². The van der Waals surface area contributed by atoms with Crippen molar-refractivity contribution >= 4 is 34.8 Å². The molecule has 5 N–H and O–H groups in total. The maximum atomic E-state index is 13.2. The molecule has 1 aromatic heterocycles. The number of halogens is 3. The van der Waals surface area contributed by atoms with Gasteiger partial charge in [0, 0.05) is 43.3 Å². The van der Waals surface area contributed by atoms with Crippen LogP contribution in [0.5, 0.6) is 0 Å². The Labute approximate surface area is 274 Å². The molecule has 6 rings (SSSR count). The summed E-state index contributed by atoms with van der Waals surface area (Å²) in [7, 11) is 0. The zero-order valence-corrected chi connectivity index (χ0v) is 26.2. The Kier molecular flexibility index (Phi) is 10.6. The first-order valence-electron chi connectivity index (χ1n) is 15.7. The van der Waals surface area contributed by atoms with Crippen LogP contribution in [0.25, 0.3) is 0 Å². The van der Waals surface area contributed by atoms with Crippen LogP contribution < -0.4 is 20.4 Å². The number of nitrogens with one attached hydrogen (secondary N) is 2. The number of rotatable bonds is 7. The molecule has 48 heavy (non-hydrogen) atoms. The number of aliphatic hydroxyl groups excluding tert-OH is 2. The van der Waals surface area contributed by atoms with E-state index in [2.05, 4.69) is 50.5 Å². The van der Waals surface area contributed by atoms with Crippen LogP contribution in [0.4, 0.5) is 30.2 Å². The summed E-state index contributed by atoms with van der Waals surface area (Å²) in [5.74, 6) is -2.65. The number of aromatic nitrogens is 1. The third-order valence-electron chi connectivity index (χ3n) is 8.65. The summed E-state index contributed by atoms with van der Waals surface area (Å²) >= 11 is 0. The summed E-state index contributed by atoms with van der Waals surface area (Å²) in [5.41, 5.74) is 4.34. The van der Waals surface area contributed by atoms with E-state index in [0.717, 1.165) is 51.1 Å². The van der Waals surface area contributed by atoms with Gasteiger partial charge in [-0.3, -0.25) is 9.59 Å². The fraction of sp³-hybridized carbons (Fsp3) is 0.455. The quantitative estimate of drug-likeness (QED) is 0.247. The Bertz CT molecular complexity index is 1620. The predicted octanol–water partition coefficient (Wildman–Crippen LogP) is 4.08. The molecule has 3 fully saturated rings. The van der Waals surface area contributed by atoms with Gasteiger partial charge in [0.25, 0.3) is 11.8 Å². The number of piperazine rings is 1. The number of hydrogen-bond acceptors (Lipinski definition) is 9. The van der Waals surface area contributed by atoms with Crippen LogP contribution in [-0.2, 0) is 4.79 Å². The van der Waals surface area contributed by atoms with Gasteiger partial charge in [0.05, 0.1) is 29.6 Å². The lowest BCUT2D eigenvalue weighted by atomic mass is 9.90. The molecule has 1 saturated heterocycles. The van der Waals surface area contributed by atoms with Crippen LogP contribution in [0.3, 0.4) is 0 Å². The Morgan fingerprint density at radius 3 is 2.19 bits per heavy atom. The molecule has 258 valence electrons. The highest BCUT2D eigenvalue weighted by Crippen LogP contribution is 2.39. The zero-order valence-electron chi connectivity index (χ0n) is 26.2. The van der Waals surface area contributed by atoms with Gasteiger partial charge in [0.1, 0.15) is 6.26 Å². The highest BCUT2D eigenvalue weighted by atomic mass is 19.4. The monoisotopic (exact) mass is 673 g/mol. The van der Waals surface area contributed by atoms with E-state index >= 15 is 0 Å². The number of aryl methyl sites for hydroxylation is 1. The van der Waals surface area contributed by atoms with Crippen molar-refractivity contribution in [3.8, 4) is 0 Å². The molecule has 2 heterocycles.